The van der Waals surface area contributed by atoms with Crippen LogP contribution in [0.4, 0.5) is 0 Å². The lowest BCUT2D eigenvalue weighted by molar-refractivity contribution is 0.525. The first kappa shape index (κ1) is 12.7. The van der Waals surface area contributed by atoms with Crippen LogP contribution in [0.1, 0.15) is 19.3 Å². The van der Waals surface area contributed by atoms with Gasteiger partial charge in [0, 0.05) is 5.38 Å². The van der Waals surface area contributed by atoms with Gasteiger partial charge < -0.3 is 0 Å². The average Bonchev–Trinajstić information content (AvgIpc) is 2.46. The third-order valence-electron chi connectivity index (χ3n) is 2.61. The zero-order chi connectivity index (χ0) is 10.6. The third-order valence-corrected chi connectivity index (χ3v) is 5.67. The van der Waals surface area contributed by atoms with E-state index >= 15 is 0 Å². The number of sulfone groups is 1. The maximum atomic E-state index is 11.2. The van der Waals surface area contributed by atoms with E-state index in [0.29, 0.717) is 11.5 Å². The summed E-state index contributed by atoms with van der Waals surface area (Å²) in [6.45, 7) is 0. The number of rotatable bonds is 5. The molecule has 0 radical (unpaired) electrons. The fraction of sp³-hybridized carbons (Fsp3) is 1.00. The molecular formula is C9H17ClO2S2. The lowest BCUT2D eigenvalue weighted by Gasteiger charge is -2.14. The predicted octanol–water partition coefficient (Wildman–Crippen LogP) is 2.17. The van der Waals surface area contributed by atoms with Gasteiger partial charge in [0.15, 0.2) is 9.84 Å². The fourth-order valence-electron chi connectivity index (χ4n) is 1.77. The van der Waals surface area contributed by atoms with E-state index in [4.69, 9.17) is 11.6 Å². The highest BCUT2D eigenvalue weighted by molar-refractivity contribution is 7.98. The van der Waals surface area contributed by atoms with Crippen LogP contribution >= 0.6 is 23.4 Å². The highest BCUT2D eigenvalue weighted by atomic mass is 35.5. The second kappa shape index (κ2) is 5.61. The van der Waals surface area contributed by atoms with Gasteiger partial charge in [-0.25, -0.2) is 8.42 Å². The molecule has 0 amide bonds. The molecule has 0 aromatic heterocycles. The number of halogens is 1. The Balaban J connectivity index is 2.29. The molecule has 84 valence electrons. The van der Waals surface area contributed by atoms with Crippen molar-refractivity contribution in [1.29, 1.82) is 0 Å². The second-order valence-corrected chi connectivity index (χ2v) is 7.59. The smallest absolute Gasteiger partial charge is 0.150 e. The second-order valence-electron chi connectivity index (χ2n) is 3.81. The number of alkyl halides is 1. The first-order valence-corrected chi connectivity index (χ1v) is 8.54. The van der Waals surface area contributed by atoms with Crippen LogP contribution in [0.2, 0.25) is 0 Å². The molecule has 2 nitrogen and oxygen atoms in total. The zero-order valence-electron chi connectivity index (χ0n) is 8.41. The quantitative estimate of drug-likeness (QED) is 0.559. The van der Waals surface area contributed by atoms with Crippen molar-refractivity contribution in [2.24, 2.45) is 5.92 Å². The molecule has 0 aliphatic carbocycles. The van der Waals surface area contributed by atoms with Gasteiger partial charge >= 0.3 is 0 Å². The van der Waals surface area contributed by atoms with E-state index in [1.54, 1.807) is 0 Å². The van der Waals surface area contributed by atoms with Gasteiger partial charge in [0.25, 0.3) is 0 Å². The van der Waals surface area contributed by atoms with Crippen molar-refractivity contribution in [3.8, 4) is 0 Å². The molecule has 14 heavy (non-hydrogen) atoms. The molecule has 2 unspecified atom stereocenters. The van der Waals surface area contributed by atoms with Crippen molar-refractivity contribution in [3.63, 3.8) is 0 Å². The van der Waals surface area contributed by atoms with Crippen molar-refractivity contribution in [2.45, 2.75) is 24.6 Å². The van der Waals surface area contributed by atoms with E-state index in [1.807, 2.05) is 11.8 Å². The van der Waals surface area contributed by atoms with Gasteiger partial charge in [-0.2, -0.15) is 11.8 Å². The molecule has 1 saturated heterocycles. The Labute approximate surface area is 95.7 Å². The van der Waals surface area contributed by atoms with Gasteiger partial charge in [-0.15, -0.1) is 11.6 Å². The summed E-state index contributed by atoms with van der Waals surface area (Å²) in [7, 11) is -2.76. The number of hydrogen-bond donors (Lipinski definition) is 0. The van der Waals surface area contributed by atoms with Gasteiger partial charge in [-0.05, 0) is 37.2 Å². The summed E-state index contributed by atoms with van der Waals surface area (Å²) < 4.78 is 22.4. The van der Waals surface area contributed by atoms with Crippen LogP contribution in [0.3, 0.4) is 0 Å². The van der Waals surface area contributed by atoms with Gasteiger partial charge in [-0.3, -0.25) is 0 Å². The van der Waals surface area contributed by atoms with E-state index in [-0.39, 0.29) is 11.3 Å². The highest BCUT2D eigenvalue weighted by Gasteiger charge is 2.32. The van der Waals surface area contributed by atoms with Crippen molar-refractivity contribution in [2.75, 3.05) is 23.5 Å². The summed E-state index contributed by atoms with van der Waals surface area (Å²) in [5.41, 5.74) is 0. The van der Waals surface area contributed by atoms with Gasteiger partial charge in [0.2, 0.25) is 0 Å². The lowest BCUT2D eigenvalue weighted by atomic mass is 10.0. The van der Waals surface area contributed by atoms with Crippen molar-refractivity contribution >= 4 is 33.2 Å². The highest BCUT2D eigenvalue weighted by Crippen LogP contribution is 2.28. The Kier molecular flexibility index (Phi) is 5.08. The molecule has 1 aliphatic heterocycles. The summed E-state index contributed by atoms with van der Waals surface area (Å²) in [5, 5.41) is 0.0550. The SMILES string of the molecule is CSCCCC(Cl)C1CCS(=O)(=O)C1. The lowest BCUT2D eigenvalue weighted by Crippen LogP contribution is -2.16. The van der Waals surface area contributed by atoms with E-state index in [1.165, 1.54) is 0 Å². The Hall–Kier alpha value is 0.590. The Morgan fingerprint density at radius 2 is 2.29 bits per heavy atom. The molecule has 0 bridgehead atoms. The zero-order valence-corrected chi connectivity index (χ0v) is 10.8. The molecule has 0 aromatic rings. The van der Waals surface area contributed by atoms with Crippen molar-refractivity contribution in [3.05, 3.63) is 0 Å². The van der Waals surface area contributed by atoms with Gasteiger partial charge in [-0.1, -0.05) is 0 Å². The van der Waals surface area contributed by atoms with Crippen LogP contribution in [0, 0.1) is 5.92 Å². The van der Waals surface area contributed by atoms with Crippen LogP contribution in [0.15, 0.2) is 0 Å². The topological polar surface area (TPSA) is 34.1 Å². The summed E-state index contributed by atoms with van der Waals surface area (Å²) in [6, 6.07) is 0. The maximum Gasteiger partial charge on any atom is 0.150 e. The van der Waals surface area contributed by atoms with Crippen molar-refractivity contribution in [1.82, 2.24) is 0 Å². The first-order valence-electron chi connectivity index (χ1n) is 4.88. The average molecular weight is 257 g/mol. The number of hydrogen-bond acceptors (Lipinski definition) is 3. The molecule has 1 fully saturated rings. The minimum atomic E-state index is -2.76. The van der Waals surface area contributed by atoms with E-state index in [2.05, 4.69) is 6.26 Å². The molecule has 0 N–H and O–H groups in total. The Bertz CT molecular complexity index is 264. The minimum Gasteiger partial charge on any atom is -0.229 e. The summed E-state index contributed by atoms with van der Waals surface area (Å²) in [5.74, 6) is 1.95. The maximum absolute atomic E-state index is 11.2. The largest absolute Gasteiger partial charge is 0.229 e. The minimum absolute atomic E-state index is 0.0550. The van der Waals surface area contributed by atoms with Crippen molar-refractivity contribution < 1.29 is 8.42 Å². The van der Waals surface area contributed by atoms with E-state index in [9.17, 15) is 8.42 Å². The fourth-order valence-corrected chi connectivity index (χ4v) is 4.58. The molecule has 0 saturated carbocycles. The van der Waals surface area contributed by atoms with Gasteiger partial charge in [0.1, 0.15) is 0 Å². The molecule has 0 aromatic carbocycles. The number of thioether (sulfide) groups is 1. The molecule has 1 rings (SSSR count). The van der Waals surface area contributed by atoms with Gasteiger partial charge in [0.05, 0.1) is 11.5 Å². The van der Waals surface area contributed by atoms with Crippen LogP contribution < -0.4 is 0 Å². The third kappa shape index (κ3) is 3.99. The molecule has 5 heteroatoms. The molecule has 1 heterocycles. The Morgan fingerprint density at radius 1 is 1.57 bits per heavy atom. The van der Waals surface area contributed by atoms with Crippen LogP contribution in [0.5, 0.6) is 0 Å². The molecule has 1 aliphatic rings. The van der Waals surface area contributed by atoms with Crippen LogP contribution in [-0.4, -0.2) is 37.3 Å². The Morgan fingerprint density at radius 3 is 2.79 bits per heavy atom. The van der Waals surface area contributed by atoms with E-state index in [0.717, 1.165) is 25.0 Å². The molecular weight excluding hydrogens is 240 g/mol. The summed E-state index contributed by atoms with van der Waals surface area (Å²) >= 11 is 7.99. The van der Waals surface area contributed by atoms with Crippen LogP contribution in [-0.2, 0) is 9.84 Å². The van der Waals surface area contributed by atoms with Crippen LogP contribution in [0.25, 0.3) is 0 Å². The first-order chi connectivity index (χ1) is 6.55. The summed E-state index contributed by atoms with van der Waals surface area (Å²) in [4.78, 5) is 0. The summed E-state index contributed by atoms with van der Waals surface area (Å²) in [6.07, 6.45) is 4.87. The van der Waals surface area contributed by atoms with E-state index < -0.39 is 9.84 Å². The standard InChI is InChI=1S/C9H17ClO2S2/c1-13-5-2-3-9(10)8-4-6-14(11,12)7-8/h8-9H,2-7H2,1H3. The molecule has 0 spiro atoms. The predicted molar refractivity (Wildman–Crippen MR) is 64.0 cm³/mol. The molecule has 2 atom stereocenters. The normalized spacial score (nSPS) is 27.7. The monoisotopic (exact) mass is 256 g/mol.